The van der Waals surface area contributed by atoms with Gasteiger partial charge in [-0.25, -0.2) is 9.37 Å². The number of fused-ring (bicyclic) bond motifs is 1. The summed E-state index contributed by atoms with van der Waals surface area (Å²) in [7, 11) is 1.87. The van der Waals surface area contributed by atoms with Gasteiger partial charge in [0, 0.05) is 19.2 Å². The smallest absolute Gasteiger partial charge is 0.146 e. The molecule has 0 radical (unpaired) electrons. The Bertz CT molecular complexity index is 803. The summed E-state index contributed by atoms with van der Waals surface area (Å²) >= 11 is 1.42. The molecule has 0 spiro atoms. The number of aryl methyl sites for hydroxylation is 1. The molecule has 3 rings (SSSR count). The molecular weight excluding hydrogens is 287 g/mol. The molecule has 21 heavy (non-hydrogen) atoms. The van der Waals surface area contributed by atoms with Crippen LogP contribution >= 0.6 is 11.5 Å². The van der Waals surface area contributed by atoms with Crippen LogP contribution in [0, 0.1) is 12.7 Å². The van der Waals surface area contributed by atoms with Crippen LogP contribution in [-0.2, 0) is 0 Å². The van der Waals surface area contributed by atoms with Crippen LogP contribution < -0.4 is 5.32 Å². The fourth-order valence-electron chi connectivity index (χ4n) is 2.57. The van der Waals surface area contributed by atoms with Crippen LogP contribution in [0.3, 0.4) is 0 Å². The van der Waals surface area contributed by atoms with Crippen molar-refractivity contribution in [2.75, 3.05) is 12.4 Å². The lowest BCUT2D eigenvalue weighted by Crippen LogP contribution is -2.04. The van der Waals surface area contributed by atoms with E-state index in [0.717, 1.165) is 27.6 Å². The van der Waals surface area contributed by atoms with Gasteiger partial charge in [0.1, 0.15) is 16.6 Å². The molecule has 0 aliphatic carbocycles. The number of nitrogens with zero attached hydrogens (tertiary/aromatic N) is 3. The highest BCUT2D eigenvalue weighted by Crippen LogP contribution is 2.37. The van der Waals surface area contributed by atoms with Crippen molar-refractivity contribution in [2.45, 2.75) is 26.8 Å². The van der Waals surface area contributed by atoms with E-state index < -0.39 is 0 Å². The average molecular weight is 304 g/mol. The Morgan fingerprint density at radius 3 is 2.76 bits per heavy atom. The predicted octanol–water partition coefficient (Wildman–Crippen LogP) is 4.23. The van der Waals surface area contributed by atoms with Crippen molar-refractivity contribution >= 4 is 27.6 Å². The summed E-state index contributed by atoms with van der Waals surface area (Å²) < 4.78 is 20.0. The minimum Gasteiger partial charge on any atom is -0.378 e. The second kappa shape index (κ2) is 5.11. The summed E-state index contributed by atoms with van der Waals surface area (Å²) in [5, 5.41) is 4.14. The zero-order chi connectivity index (χ0) is 15.1. The normalized spacial score (nSPS) is 11.5. The molecule has 0 aliphatic rings. The summed E-state index contributed by atoms with van der Waals surface area (Å²) in [4.78, 5) is 4.66. The van der Waals surface area contributed by atoms with Crippen LogP contribution in [0.25, 0.3) is 22.4 Å². The highest BCUT2D eigenvalue weighted by molar-refractivity contribution is 7.10. The Labute approximate surface area is 126 Å². The van der Waals surface area contributed by atoms with Gasteiger partial charge >= 0.3 is 0 Å². The zero-order valence-electron chi connectivity index (χ0n) is 12.4. The van der Waals surface area contributed by atoms with Crippen molar-refractivity contribution < 1.29 is 4.39 Å². The number of benzene rings is 1. The van der Waals surface area contributed by atoms with Gasteiger partial charge in [-0.05, 0) is 44.4 Å². The second-order valence-corrected chi connectivity index (χ2v) is 6.03. The standard InChI is InChI=1S/C15H17FN4S/c1-8(2)20-12-6-5-10(16)7-11(12)18-14(20)13-9(3)19-21-15(13)17-4/h5-8,17H,1-4H3. The minimum absolute atomic E-state index is 0.222. The monoisotopic (exact) mass is 304 g/mol. The lowest BCUT2D eigenvalue weighted by atomic mass is 10.2. The third-order valence-corrected chi connectivity index (χ3v) is 4.44. The van der Waals surface area contributed by atoms with Crippen LogP contribution in [0.5, 0.6) is 0 Å². The average Bonchev–Trinajstić information content (AvgIpc) is 2.97. The number of halogens is 1. The van der Waals surface area contributed by atoms with Crippen molar-refractivity contribution in [3.05, 3.63) is 29.7 Å². The molecule has 0 amide bonds. The number of rotatable bonds is 3. The minimum atomic E-state index is -0.267. The van der Waals surface area contributed by atoms with E-state index in [1.807, 2.05) is 14.0 Å². The van der Waals surface area contributed by atoms with Crippen molar-refractivity contribution in [1.29, 1.82) is 0 Å². The fourth-order valence-corrected chi connectivity index (χ4v) is 3.32. The van der Waals surface area contributed by atoms with E-state index in [-0.39, 0.29) is 11.9 Å². The molecule has 0 fully saturated rings. The largest absolute Gasteiger partial charge is 0.378 e. The molecule has 1 N–H and O–H groups in total. The van der Waals surface area contributed by atoms with Gasteiger partial charge in [0.2, 0.25) is 0 Å². The quantitative estimate of drug-likeness (QED) is 0.787. The van der Waals surface area contributed by atoms with E-state index in [1.54, 1.807) is 6.07 Å². The molecule has 3 aromatic rings. The molecule has 0 atom stereocenters. The molecule has 0 unspecified atom stereocenters. The SMILES string of the molecule is CNc1snc(C)c1-c1nc2cc(F)ccc2n1C(C)C. The number of aromatic nitrogens is 3. The molecule has 0 bridgehead atoms. The summed E-state index contributed by atoms with van der Waals surface area (Å²) in [5.41, 5.74) is 3.54. The number of imidazole rings is 1. The molecule has 6 heteroatoms. The van der Waals surface area contributed by atoms with Crippen LogP contribution in [0.4, 0.5) is 9.39 Å². The van der Waals surface area contributed by atoms with Gasteiger partial charge in [-0.1, -0.05) is 0 Å². The zero-order valence-corrected chi connectivity index (χ0v) is 13.3. The van der Waals surface area contributed by atoms with Crippen molar-refractivity contribution in [2.24, 2.45) is 0 Å². The Hall–Kier alpha value is -1.95. The lowest BCUT2D eigenvalue weighted by Gasteiger charge is -2.13. The molecule has 110 valence electrons. The van der Waals surface area contributed by atoms with E-state index in [4.69, 9.17) is 0 Å². The summed E-state index contributed by atoms with van der Waals surface area (Å²) in [5.74, 6) is 0.567. The van der Waals surface area contributed by atoms with Gasteiger partial charge < -0.3 is 9.88 Å². The first-order valence-electron chi connectivity index (χ1n) is 6.84. The fraction of sp³-hybridized carbons (Fsp3) is 0.333. The van der Waals surface area contributed by atoms with E-state index >= 15 is 0 Å². The first kappa shape index (κ1) is 14.0. The third-order valence-electron chi connectivity index (χ3n) is 3.48. The van der Waals surface area contributed by atoms with Gasteiger partial charge in [0.15, 0.2) is 0 Å². The van der Waals surface area contributed by atoms with Crippen LogP contribution in [0.2, 0.25) is 0 Å². The molecule has 0 aliphatic heterocycles. The maximum absolute atomic E-state index is 13.5. The molecule has 4 nitrogen and oxygen atoms in total. The second-order valence-electron chi connectivity index (χ2n) is 5.25. The van der Waals surface area contributed by atoms with Gasteiger partial charge in [-0.3, -0.25) is 0 Å². The number of hydrogen-bond donors (Lipinski definition) is 1. The molecule has 0 saturated carbocycles. The van der Waals surface area contributed by atoms with Gasteiger partial charge in [0.05, 0.1) is 22.3 Å². The van der Waals surface area contributed by atoms with Crippen LogP contribution in [0.15, 0.2) is 18.2 Å². The van der Waals surface area contributed by atoms with Gasteiger partial charge in [0.25, 0.3) is 0 Å². The summed E-state index contributed by atoms with van der Waals surface area (Å²) in [6, 6.07) is 4.96. The number of nitrogens with one attached hydrogen (secondary N) is 1. The van der Waals surface area contributed by atoms with Crippen LogP contribution in [0.1, 0.15) is 25.6 Å². The van der Waals surface area contributed by atoms with Crippen LogP contribution in [-0.4, -0.2) is 21.0 Å². The first-order chi connectivity index (χ1) is 10.0. The maximum Gasteiger partial charge on any atom is 0.146 e. The Morgan fingerprint density at radius 2 is 2.10 bits per heavy atom. The van der Waals surface area contributed by atoms with E-state index in [9.17, 15) is 4.39 Å². The summed E-state index contributed by atoms with van der Waals surface area (Å²) in [6.45, 7) is 6.17. The van der Waals surface area contributed by atoms with Crippen molar-refractivity contribution in [3.8, 4) is 11.4 Å². The van der Waals surface area contributed by atoms with Crippen molar-refractivity contribution in [3.63, 3.8) is 0 Å². The van der Waals surface area contributed by atoms with Crippen molar-refractivity contribution in [1.82, 2.24) is 13.9 Å². The molecular formula is C15H17FN4S. The van der Waals surface area contributed by atoms with E-state index in [2.05, 4.69) is 33.1 Å². The third kappa shape index (κ3) is 2.19. The Balaban J connectivity index is 2.36. The predicted molar refractivity (Wildman–Crippen MR) is 85.5 cm³/mol. The maximum atomic E-state index is 13.5. The highest BCUT2D eigenvalue weighted by Gasteiger charge is 2.21. The Kier molecular flexibility index (Phi) is 3.41. The topological polar surface area (TPSA) is 42.7 Å². The van der Waals surface area contributed by atoms with E-state index in [0.29, 0.717) is 5.52 Å². The highest BCUT2D eigenvalue weighted by atomic mass is 32.1. The molecule has 2 heterocycles. The number of hydrogen-bond acceptors (Lipinski definition) is 4. The molecule has 0 saturated heterocycles. The lowest BCUT2D eigenvalue weighted by molar-refractivity contribution is 0.620. The van der Waals surface area contributed by atoms with E-state index in [1.165, 1.54) is 23.7 Å². The first-order valence-corrected chi connectivity index (χ1v) is 7.62. The van der Waals surface area contributed by atoms with Gasteiger partial charge in [-0.15, -0.1) is 0 Å². The summed E-state index contributed by atoms with van der Waals surface area (Å²) in [6.07, 6.45) is 0. The van der Waals surface area contributed by atoms with Gasteiger partial charge in [-0.2, -0.15) is 4.37 Å². The molecule has 1 aromatic carbocycles. The Morgan fingerprint density at radius 1 is 1.33 bits per heavy atom. The molecule has 2 aromatic heterocycles. The number of anilines is 1.